The number of rotatable bonds is 4. The van der Waals surface area contributed by atoms with Crippen molar-refractivity contribution < 1.29 is 0 Å². The van der Waals surface area contributed by atoms with E-state index in [9.17, 15) is 0 Å². The van der Waals surface area contributed by atoms with Crippen molar-refractivity contribution in [1.29, 1.82) is 0 Å². The van der Waals surface area contributed by atoms with E-state index in [2.05, 4.69) is 50.8 Å². The first kappa shape index (κ1) is 10.0. The monoisotopic (exact) mass is 174 g/mol. The molecule has 13 heavy (non-hydrogen) atoms. The smallest absolute Gasteiger partial charge is 0.00153 e. The Morgan fingerprint density at radius 1 is 1.31 bits per heavy atom. The highest BCUT2D eigenvalue weighted by molar-refractivity contribution is 5.32. The Labute approximate surface area is 81.3 Å². The molecule has 70 valence electrons. The maximum Gasteiger partial charge on any atom is 0.00153 e. The SMILES string of the molecule is C=CC(CC)c1ccccc1CC. The summed E-state index contributed by atoms with van der Waals surface area (Å²) >= 11 is 0. The maximum absolute atomic E-state index is 3.88. The van der Waals surface area contributed by atoms with Crippen LogP contribution >= 0.6 is 0 Å². The molecule has 1 unspecified atom stereocenters. The second-order valence-electron chi connectivity index (χ2n) is 3.30. The van der Waals surface area contributed by atoms with Gasteiger partial charge in [-0.1, -0.05) is 44.2 Å². The summed E-state index contributed by atoms with van der Waals surface area (Å²) in [6.45, 7) is 8.29. The Bertz CT molecular complexity index is 273. The van der Waals surface area contributed by atoms with Crippen molar-refractivity contribution in [2.24, 2.45) is 0 Å². The van der Waals surface area contributed by atoms with Crippen LogP contribution in [0.4, 0.5) is 0 Å². The largest absolute Gasteiger partial charge is 0.102 e. The van der Waals surface area contributed by atoms with Gasteiger partial charge in [0.05, 0.1) is 0 Å². The highest BCUT2D eigenvalue weighted by Gasteiger charge is 2.07. The van der Waals surface area contributed by atoms with Gasteiger partial charge in [-0.15, -0.1) is 6.58 Å². The second-order valence-corrected chi connectivity index (χ2v) is 3.30. The number of hydrogen-bond donors (Lipinski definition) is 0. The molecule has 0 amide bonds. The van der Waals surface area contributed by atoms with Gasteiger partial charge in [0.2, 0.25) is 0 Å². The van der Waals surface area contributed by atoms with E-state index >= 15 is 0 Å². The van der Waals surface area contributed by atoms with Crippen molar-refractivity contribution in [2.45, 2.75) is 32.6 Å². The molecule has 1 aromatic carbocycles. The summed E-state index contributed by atoms with van der Waals surface area (Å²) in [7, 11) is 0. The molecule has 0 radical (unpaired) electrons. The van der Waals surface area contributed by atoms with Crippen LogP contribution in [0.3, 0.4) is 0 Å². The molecule has 0 heterocycles. The van der Waals surface area contributed by atoms with Gasteiger partial charge in [0.1, 0.15) is 0 Å². The van der Waals surface area contributed by atoms with Crippen LogP contribution in [0.2, 0.25) is 0 Å². The van der Waals surface area contributed by atoms with Gasteiger partial charge in [-0.2, -0.15) is 0 Å². The molecule has 0 heteroatoms. The molecule has 0 saturated carbocycles. The minimum Gasteiger partial charge on any atom is -0.102 e. The van der Waals surface area contributed by atoms with E-state index in [1.165, 1.54) is 11.1 Å². The summed E-state index contributed by atoms with van der Waals surface area (Å²) in [6, 6.07) is 8.65. The second kappa shape index (κ2) is 4.86. The molecule has 0 N–H and O–H groups in total. The van der Waals surface area contributed by atoms with E-state index in [1.54, 1.807) is 0 Å². The standard InChI is InChI=1S/C13H18/c1-4-11(5-2)13-10-8-7-9-12(13)6-3/h4,7-11H,1,5-6H2,2-3H3. The molecule has 1 atom stereocenters. The Balaban J connectivity index is 3.03. The van der Waals surface area contributed by atoms with Gasteiger partial charge in [-0.25, -0.2) is 0 Å². The lowest BCUT2D eigenvalue weighted by Gasteiger charge is -2.14. The van der Waals surface area contributed by atoms with Gasteiger partial charge in [0, 0.05) is 5.92 Å². The van der Waals surface area contributed by atoms with Crippen LogP contribution in [0.25, 0.3) is 0 Å². The molecule has 0 spiro atoms. The molecule has 0 aliphatic carbocycles. The van der Waals surface area contributed by atoms with Crippen molar-refractivity contribution in [2.75, 3.05) is 0 Å². The molecule has 0 fully saturated rings. The van der Waals surface area contributed by atoms with Gasteiger partial charge in [0.15, 0.2) is 0 Å². The molecular formula is C13H18. The van der Waals surface area contributed by atoms with Crippen molar-refractivity contribution in [3.8, 4) is 0 Å². The zero-order valence-electron chi connectivity index (χ0n) is 8.59. The molecule has 1 rings (SSSR count). The van der Waals surface area contributed by atoms with Gasteiger partial charge in [0.25, 0.3) is 0 Å². The van der Waals surface area contributed by atoms with Crippen LogP contribution in [0.5, 0.6) is 0 Å². The number of aryl methyl sites for hydroxylation is 1. The third-order valence-electron chi connectivity index (χ3n) is 2.56. The van der Waals surface area contributed by atoms with Gasteiger partial charge in [-0.3, -0.25) is 0 Å². The van der Waals surface area contributed by atoms with E-state index in [-0.39, 0.29) is 0 Å². The average molecular weight is 174 g/mol. The van der Waals surface area contributed by atoms with E-state index in [4.69, 9.17) is 0 Å². The Morgan fingerprint density at radius 2 is 2.00 bits per heavy atom. The van der Waals surface area contributed by atoms with Crippen LogP contribution in [-0.4, -0.2) is 0 Å². The molecule has 0 aromatic heterocycles. The third kappa shape index (κ3) is 2.21. The Hall–Kier alpha value is -1.04. The lowest BCUT2D eigenvalue weighted by Crippen LogP contribution is -1.97. The van der Waals surface area contributed by atoms with Crippen molar-refractivity contribution in [3.05, 3.63) is 48.0 Å². The predicted molar refractivity (Wildman–Crippen MR) is 59.0 cm³/mol. The van der Waals surface area contributed by atoms with Gasteiger partial charge < -0.3 is 0 Å². The zero-order chi connectivity index (χ0) is 9.68. The first-order chi connectivity index (χ1) is 6.33. The molecule has 0 aliphatic rings. The number of hydrogen-bond acceptors (Lipinski definition) is 0. The number of allylic oxidation sites excluding steroid dienone is 1. The molecular weight excluding hydrogens is 156 g/mol. The molecule has 0 nitrogen and oxygen atoms in total. The van der Waals surface area contributed by atoms with E-state index < -0.39 is 0 Å². The number of benzene rings is 1. The Morgan fingerprint density at radius 3 is 2.54 bits per heavy atom. The fourth-order valence-corrected chi connectivity index (χ4v) is 1.73. The van der Waals surface area contributed by atoms with E-state index in [1.807, 2.05) is 0 Å². The Kier molecular flexibility index (Phi) is 3.75. The van der Waals surface area contributed by atoms with Crippen molar-refractivity contribution in [3.63, 3.8) is 0 Å². The summed E-state index contributed by atoms with van der Waals surface area (Å²) in [5, 5.41) is 0. The highest BCUT2D eigenvalue weighted by Crippen LogP contribution is 2.24. The lowest BCUT2D eigenvalue weighted by atomic mass is 9.91. The minimum atomic E-state index is 0.524. The van der Waals surface area contributed by atoms with Crippen molar-refractivity contribution in [1.82, 2.24) is 0 Å². The summed E-state index contributed by atoms with van der Waals surface area (Å²) in [6.07, 6.45) is 4.30. The fraction of sp³-hybridized carbons (Fsp3) is 0.385. The molecule has 1 aromatic rings. The van der Waals surface area contributed by atoms with Gasteiger partial charge >= 0.3 is 0 Å². The van der Waals surface area contributed by atoms with Crippen LogP contribution < -0.4 is 0 Å². The van der Waals surface area contributed by atoms with E-state index in [0.717, 1.165) is 12.8 Å². The van der Waals surface area contributed by atoms with E-state index in [0.29, 0.717) is 5.92 Å². The average Bonchev–Trinajstić information content (AvgIpc) is 2.20. The normalized spacial score (nSPS) is 12.5. The van der Waals surface area contributed by atoms with Gasteiger partial charge in [-0.05, 0) is 24.0 Å². The third-order valence-corrected chi connectivity index (χ3v) is 2.56. The predicted octanol–water partition coefficient (Wildman–Crippen LogP) is 3.93. The highest BCUT2D eigenvalue weighted by atomic mass is 14.1. The van der Waals surface area contributed by atoms with Crippen LogP contribution in [0.1, 0.15) is 37.3 Å². The molecule has 0 saturated heterocycles. The zero-order valence-corrected chi connectivity index (χ0v) is 8.59. The van der Waals surface area contributed by atoms with Crippen LogP contribution in [0.15, 0.2) is 36.9 Å². The topological polar surface area (TPSA) is 0 Å². The minimum absolute atomic E-state index is 0.524. The quantitative estimate of drug-likeness (QED) is 0.607. The first-order valence-corrected chi connectivity index (χ1v) is 5.03. The van der Waals surface area contributed by atoms with Crippen LogP contribution in [-0.2, 0) is 6.42 Å². The molecule has 0 aliphatic heterocycles. The summed E-state index contributed by atoms with van der Waals surface area (Å²) in [5.74, 6) is 0.524. The lowest BCUT2D eigenvalue weighted by molar-refractivity contribution is 0.793. The first-order valence-electron chi connectivity index (χ1n) is 5.03. The fourth-order valence-electron chi connectivity index (χ4n) is 1.73. The summed E-state index contributed by atoms with van der Waals surface area (Å²) < 4.78 is 0. The van der Waals surface area contributed by atoms with Crippen molar-refractivity contribution >= 4 is 0 Å². The summed E-state index contributed by atoms with van der Waals surface area (Å²) in [4.78, 5) is 0. The van der Waals surface area contributed by atoms with Crippen LogP contribution in [0, 0.1) is 0 Å². The summed E-state index contributed by atoms with van der Waals surface area (Å²) in [5.41, 5.74) is 2.90. The maximum atomic E-state index is 3.88. The molecule has 0 bridgehead atoms.